The number of rotatable bonds is 8. The normalized spacial score (nSPS) is 21.6. The van der Waals surface area contributed by atoms with E-state index >= 15 is 0 Å². The maximum atomic E-state index is 14.4. The number of Topliss-reactive ketones (excluding diaryl/α,β-unsaturated/α-hetero) is 3. The van der Waals surface area contributed by atoms with Crippen LogP contribution in [0.3, 0.4) is 0 Å². The van der Waals surface area contributed by atoms with Crippen LogP contribution in [0.1, 0.15) is 35.9 Å². The maximum Gasteiger partial charge on any atom is 0.352 e. The molecule has 21 heteroatoms. The predicted molar refractivity (Wildman–Crippen MR) is 187 cm³/mol. The molecule has 55 heavy (non-hydrogen) atoms. The average molecular weight is 780 g/mol. The van der Waals surface area contributed by atoms with Gasteiger partial charge in [0.15, 0.2) is 23.2 Å². The number of carbonyl (C=O) groups excluding carboxylic acids is 6. The molecular formula is C34H28F3N9O8S. The molecule has 1 aromatic heterocycles. The summed E-state index contributed by atoms with van der Waals surface area (Å²) in [6, 6.07) is 7.77. The maximum absolute atomic E-state index is 14.4. The standard InChI is InChI=1S/C34H28F3N9O8S/c1-42-32(52)29(49)20(14-38-42)27-24(47)10-17(16-5-4-6-19(9-16)55-3)11-25(48)44(40-27)7-8-45-34(54)46(18-12-22(35)26(37)23(36)13-18)31(51)28(41-45)21-15-39-43(2)33(53)30(21)50/h4-6,9,12-15,17,20-21H,7-8,10-11H2,1-3H3/b40-27-. The van der Waals surface area contributed by atoms with Gasteiger partial charge in [-0.2, -0.15) is 20.4 Å². The Kier molecular flexibility index (Phi) is 10.6. The number of halogens is 3. The number of ketones is 3. The van der Waals surface area contributed by atoms with Crippen LogP contribution in [0.15, 0.2) is 66.2 Å². The number of hydrazone groups is 3. The van der Waals surface area contributed by atoms with E-state index in [1.54, 1.807) is 18.2 Å². The molecule has 3 atom stereocenters. The predicted octanol–water partition coefficient (Wildman–Crippen LogP) is 0.618. The van der Waals surface area contributed by atoms with E-state index in [0.717, 1.165) is 34.4 Å². The summed E-state index contributed by atoms with van der Waals surface area (Å²) >= 11 is 1.42. The quantitative estimate of drug-likeness (QED) is 0.177. The second kappa shape index (κ2) is 15.2. The Morgan fingerprint density at radius 1 is 0.800 bits per heavy atom. The number of hydrogen-bond donors (Lipinski definition) is 0. The fourth-order valence-electron chi connectivity index (χ4n) is 6.01. The Bertz CT molecular complexity index is 2390. The number of hydrogen-bond acceptors (Lipinski definition) is 13. The van der Waals surface area contributed by atoms with E-state index in [1.807, 2.05) is 12.3 Å². The van der Waals surface area contributed by atoms with Crippen LogP contribution >= 0.6 is 11.8 Å². The van der Waals surface area contributed by atoms with Crippen molar-refractivity contribution in [3.8, 4) is 5.69 Å². The Hall–Kier alpha value is -6.38. The van der Waals surface area contributed by atoms with Crippen LogP contribution in [0, 0.1) is 23.4 Å². The summed E-state index contributed by atoms with van der Waals surface area (Å²) in [7, 11) is 2.39. The van der Waals surface area contributed by atoms with Gasteiger partial charge in [-0.3, -0.25) is 33.6 Å². The minimum Gasteiger partial charge on any atom is -0.293 e. The smallest absolute Gasteiger partial charge is 0.293 e. The number of thioether (sulfide) groups is 1. The SMILES string of the molecule is CSc1cccc(C2CC(=O)/C(C3C=NN(C)C(=O)C3=O)=N\N(CCn3nc(C4C=NN(C)C(=O)C4=O)c(=O)n(-c4cc(F)c(F)c(F)c4)c3=O)C(=O)C2)c1. The fourth-order valence-corrected chi connectivity index (χ4v) is 6.48. The van der Waals surface area contributed by atoms with Crippen LogP contribution < -0.4 is 11.2 Å². The topological polar surface area (TPSA) is 206 Å². The minimum atomic E-state index is -1.90. The highest BCUT2D eigenvalue weighted by molar-refractivity contribution is 7.98. The first-order chi connectivity index (χ1) is 26.1. The van der Waals surface area contributed by atoms with Crippen molar-refractivity contribution in [1.29, 1.82) is 0 Å². The van der Waals surface area contributed by atoms with Crippen LogP contribution in [-0.4, -0.2) is 109 Å². The first kappa shape index (κ1) is 38.3. The van der Waals surface area contributed by atoms with Crippen LogP contribution in [-0.2, 0) is 35.3 Å². The van der Waals surface area contributed by atoms with Gasteiger partial charge < -0.3 is 0 Å². The molecule has 0 aliphatic carbocycles. The third kappa shape index (κ3) is 7.29. The summed E-state index contributed by atoms with van der Waals surface area (Å²) in [5.41, 5.74) is -4.26. The molecule has 6 rings (SSSR count). The molecule has 2 aromatic carbocycles. The number of aromatic nitrogens is 3. The zero-order valence-electron chi connectivity index (χ0n) is 29.0. The lowest BCUT2D eigenvalue weighted by Gasteiger charge is -2.28. The van der Waals surface area contributed by atoms with Crippen LogP contribution in [0.4, 0.5) is 13.2 Å². The van der Waals surface area contributed by atoms with Crippen LogP contribution in [0.5, 0.6) is 0 Å². The van der Waals surface area contributed by atoms with Gasteiger partial charge in [0.2, 0.25) is 17.5 Å². The second-order valence-electron chi connectivity index (χ2n) is 12.4. The average Bonchev–Trinajstić information content (AvgIpc) is 3.15. The summed E-state index contributed by atoms with van der Waals surface area (Å²) in [5, 5.41) is 18.0. The van der Waals surface area contributed by atoms with Crippen LogP contribution in [0.2, 0.25) is 0 Å². The molecule has 3 aliphatic heterocycles. The summed E-state index contributed by atoms with van der Waals surface area (Å²) in [6.45, 7) is -1.29. The minimum absolute atomic E-state index is 0.194. The van der Waals surface area contributed by atoms with Crippen molar-refractivity contribution in [2.24, 2.45) is 21.2 Å². The van der Waals surface area contributed by atoms with Crippen molar-refractivity contribution in [3.05, 3.63) is 85.9 Å². The number of benzene rings is 2. The van der Waals surface area contributed by atoms with E-state index < -0.39 is 112 Å². The molecule has 0 N–H and O–H groups in total. The zero-order chi connectivity index (χ0) is 39.9. The number of likely N-dealkylation sites (N-methyl/N-ethyl adjacent to an activating group) is 2. The van der Waals surface area contributed by atoms with Crippen molar-refractivity contribution in [2.45, 2.75) is 36.1 Å². The first-order valence-corrected chi connectivity index (χ1v) is 17.5. The van der Waals surface area contributed by atoms with Gasteiger partial charge in [0.25, 0.3) is 5.56 Å². The molecular weight excluding hydrogens is 751 g/mol. The van der Waals surface area contributed by atoms with Crippen molar-refractivity contribution >= 4 is 65.0 Å². The highest BCUT2D eigenvalue weighted by Crippen LogP contribution is 2.30. The number of nitrogens with zero attached hydrogens (tertiary/aromatic N) is 9. The van der Waals surface area contributed by atoms with Gasteiger partial charge in [0.05, 0.1) is 18.8 Å². The third-order valence-electron chi connectivity index (χ3n) is 8.97. The van der Waals surface area contributed by atoms with E-state index in [-0.39, 0.29) is 17.4 Å². The molecule has 3 aromatic rings. The Balaban J connectivity index is 1.46. The monoisotopic (exact) mass is 779 g/mol. The number of amides is 3. The van der Waals surface area contributed by atoms with Gasteiger partial charge in [-0.05, 0) is 24.0 Å². The molecule has 4 heterocycles. The van der Waals surface area contributed by atoms with E-state index in [4.69, 9.17) is 0 Å². The van der Waals surface area contributed by atoms with Crippen molar-refractivity contribution in [1.82, 2.24) is 29.4 Å². The molecule has 3 unspecified atom stereocenters. The van der Waals surface area contributed by atoms with Crippen LogP contribution in [0.25, 0.3) is 5.69 Å². The highest BCUT2D eigenvalue weighted by Gasteiger charge is 2.40. The Morgan fingerprint density at radius 2 is 1.42 bits per heavy atom. The molecule has 0 bridgehead atoms. The van der Waals surface area contributed by atoms with Gasteiger partial charge in [0, 0.05) is 62.3 Å². The molecule has 0 radical (unpaired) electrons. The van der Waals surface area contributed by atoms with E-state index in [9.17, 15) is 51.5 Å². The molecule has 0 saturated heterocycles. The van der Waals surface area contributed by atoms with Gasteiger partial charge in [-0.25, -0.2) is 42.2 Å². The van der Waals surface area contributed by atoms with Gasteiger partial charge in [0.1, 0.15) is 23.2 Å². The van der Waals surface area contributed by atoms with Crippen molar-refractivity contribution < 1.29 is 41.9 Å². The lowest BCUT2D eigenvalue weighted by atomic mass is 9.85. The number of carbonyl (C=O) groups is 6. The van der Waals surface area contributed by atoms with Gasteiger partial charge >= 0.3 is 17.5 Å². The molecule has 3 amide bonds. The van der Waals surface area contributed by atoms with Crippen molar-refractivity contribution in [3.63, 3.8) is 0 Å². The Labute approximate surface area is 311 Å². The molecule has 284 valence electrons. The summed E-state index contributed by atoms with van der Waals surface area (Å²) < 4.78 is 43.4. The lowest BCUT2D eigenvalue weighted by Crippen LogP contribution is -2.48. The summed E-state index contributed by atoms with van der Waals surface area (Å²) in [4.78, 5) is 107. The van der Waals surface area contributed by atoms with Gasteiger partial charge in [-0.15, -0.1) is 11.8 Å². The molecule has 0 fully saturated rings. The van der Waals surface area contributed by atoms with Crippen molar-refractivity contribution in [2.75, 3.05) is 26.9 Å². The summed E-state index contributed by atoms with van der Waals surface area (Å²) in [6.07, 6.45) is 3.19. The second-order valence-corrected chi connectivity index (χ2v) is 13.3. The van der Waals surface area contributed by atoms with E-state index in [1.165, 1.54) is 18.8 Å². The largest absolute Gasteiger partial charge is 0.352 e. The lowest BCUT2D eigenvalue weighted by molar-refractivity contribution is -0.144. The molecule has 3 aliphatic rings. The third-order valence-corrected chi connectivity index (χ3v) is 9.70. The van der Waals surface area contributed by atoms with E-state index in [2.05, 4.69) is 20.4 Å². The highest BCUT2D eigenvalue weighted by atomic mass is 32.2. The molecule has 0 saturated carbocycles. The first-order valence-electron chi connectivity index (χ1n) is 16.3. The van der Waals surface area contributed by atoms with Gasteiger partial charge in [-0.1, -0.05) is 12.1 Å². The molecule has 17 nitrogen and oxygen atoms in total. The molecule has 0 spiro atoms. The zero-order valence-corrected chi connectivity index (χ0v) is 29.8. The summed E-state index contributed by atoms with van der Waals surface area (Å²) in [5.74, 6) is -15.4. The fraction of sp³-hybridized carbons (Fsp3) is 0.294. The van der Waals surface area contributed by atoms with E-state index in [0.29, 0.717) is 27.4 Å². The Morgan fingerprint density at radius 3 is 2.05 bits per heavy atom.